The van der Waals surface area contributed by atoms with E-state index in [4.69, 9.17) is 0 Å². The van der Waals surface area contributed by atoms with Gasteiger partial charge in [0.15, 0.2) is 0 Å². The van der Waals surface area contributed by atoms with Crippen molar-refractivity contribution in [3.8, 4) is 0 Å². The summed E-state index contributed by atoms with van der Waals surface area (Å²) in [6, 6.07) is 0. The van der Waals surface area contributed by atoms with Crippen molar-refractivity contribution in [2.45, 2.75) is 37.4 Å². The molecule has 1 nitrogen and oxygen atoms in total. The van der Waals surface area contributed by atoms with Gasteiger partial charge >= 0.3 is 0 Å². The van der Waals surface area contributed by atoms with Gasteiger partial charge in [0.05, 0.1) is 4.32 Å². The molecular formula is C7H13BrO. The Labute approximate surface area is 65.0 Å². The van der Waals surface area contributed by atoms with E-state index in [1.165, 1.54) is 0 Å². The third-order valence-electron chi connectivity index (χ3n) is 1.26. The average molecular weight is 193 g/mol. The lowest BCUT2D eigenvalue weighted by Crippen LogP contribution is -2.16. The van der Waals surface area contributed by atoms with Gasteiger partial charge in [0.25, 0.3) is 0 Å². The van der Waals surface area contributed by atoms with Crippen molar-refractivity contribution in [2.75, 3.05) is 0 Å². The lowest BCUT2D eigenvalue weighted by molar-refractivity contribution is -0.109. The lowest BCUT2D eigenvalue weighted by atomic mass is 10.1. The van der Waals surface area contributed by atoms with Crippen LogP contribution in [0.2, 0.25) is 0 Å². The standard InChI is InChI=1S/C7H13BrO/c1-3-4-5-7(2,8)6-9/h6H,3-5H2,1-2H3. The molecule has 1 unspecified atom stereocenters. The summed E-state index contributed by atoms with van der Waals surface area (Å²) in [4.78, 5) is 10.3. The molecule has 0 saturated heterocycles. The maximum Gasteiger partial charge on any atom is 0.136 e. The number of hydrogen-bond acceptors (Lipinski definition) is 1. The molecule has 0 aromatic rings. The second-order valence-electron chi connectivity index (χ2n) is 2.50. The molecule has 0 aromatic heterocycles. The summed E-state index contributed by atoms with van der Waals surface area (Å²) in [5.41, 5.74) is 0. The topological polar surface area (TPSA) is 17.1 Å². The molecule has 0 aliphatic heterocycles. The van der Waals surface area contributed by atoms with E-state index in [1.807, 2.05) is 6.92 Å². The normalized spacial score (nSPS) is 16.8. The number of carbonyl (C=O) groups is 1. The molecule has 0 radical (unpaired) electrons. The molecule has 0 fully saturated rings. The first-order valence-electron chi connectivity index (χ1n) is 3.27. The number of halogens is 1. The van der Waals surface area contributed by atoms with E-state index in [9.17, 15) is 4.79 Å². The van der Waals surface area contributed by atoms with E-state index >= 15 is 0 Å². The van der Waals surface area contributed by atoms with Crippen LogP contribution >= 0.6 is 15.9 Å². The van der Waals surface area contributed by atoms with E-state index in [2.05, 4.69) is 22.9 Å². The predicted octanol–water partition coefficient (Wildman–Crippen LogP) is 2.53. The Balaban J connectivity index is 3.45. The van der Waals surface area contributed by atoms with Crippen LogP contribution in [0.1, 0.15) is 33.1 Å². The summed E-state index contributed by atoms with van der Waals surface area (Å²) in [5.74, 6) is 0. The second-order valence-corrected chi connectivity index (χ2v) is 4.31. The first-order chi connectivity index (χ1) is 4.12. The molecule has 2 heteroatoms. The van der Waals surface area contributed by atoms with Crippen molar-refractivity contribution >= 4 is 22.2 Å². The Kier molecular flexibility index (Phi) is 4.11. The molecule has 0 saturated carbocycles. The Bertz CT molecular complexity index is 88.9. The van der Waals surface area contributed by atoms with Crippen LogP contribution in [0.3, 0.4) is 0 Å². The monoisotopic (exact) mass is 192 g/mol. The molecule has 0 spiro atoms. The highest BCUT2D eigenvalue weighted by Crippen LogP contribution is 2.20. The number of carbonyl (C=O) groups excluding carboxylic acids is 1. The van der Waals surface area contributed by atoms with Crippen LogP contribution < -0.4 is 0 Å². The molecule has 0 bridgehead atoms. The van der Waals surface area contributed by atoms with Gasteiger partial charge in [-0.1, -0.05) is 35.7 Å². The first-order valence-corrected chi connectivity index (χ1v) is 4.07. The maximum absolute atomic E-state index is 10.3. The summed E-state index contributed by atoms with van der Waals surface area (Å²) in [6.07, 6.45) is 4.16. The molecular weight excluding hydrogens is 180 g/mol. The van der Waals surface area contributed by atoms with E-state index in [0.29, 0.717) is 0 Å². The minimum Gasteiger partial charge on any atom is -0.302 e. The zero-order valence-electron chi connectivity index (χ0n) is 5.98. The Morgan fingerprint density at radius 3 is 2.56 bits per heavy atom. The minimum absolute atomic E-state index is 0.275. The summed E-state index contributed by atoms with van der Waals surface area (Å²) in [6.45, 7) is 4.02. The molecule has 0 N–H and O–H groups in total. The van der Waals surface area contributed by atoms with Crippen molar-refractivity contribution in [2.24, 2.45) is 0 Å². The highest BCUT2D eigenvalue weighted by Gasteiger charge is 2.16. The van der Waals surface area contributed by atoms with Crippen molar-refractivity contribution in [3.63, 3.8) is 0 Å². The third-order valence-corrected chi connectivity index (χ3v) is 1.85. The molecule has 0 aromatic carbocycles. The predicted molar refractivity (Wildman–Crippen MR) is 42.9 cm³/mol. The summed E-state index contributed by atoms with van der Waals surface area (Å²) in [5, 5.41) is 0. The van der Waals surface area contributed by atoms with E-state index < -0.39 is 0 Å². The summed E-state index contributed by atoms with van der Waals surface area (Å²) < 4.78 is -0.275. The van der Waals surface area contributed by atoms with E-state index in [-0.39, 0.29) is 4.32 Å². The number of hydrogen-bond donors (Lipinski definition) is 0. The van der Waals surface area contributed by atoms with Gasteiger partial charge in [-0.15, -0.1) is 0 Å². The third kappa shape index (κ3) is 4.64. The first kappa shape index (κ1) is 9.15. The van der Waals surface area contributed by atoms with Crippen molar-refractivity contribution in [1.82, 2.24) is 0 Å². The van der Waals surface area contributed by atoms with Gasteiger partial charge < -0.3 is 4.79 Å². The Morgan fingerprint density at radius 2 is 2.22 bits per heavy atom. The van der Waals surface area contributed by atoms with E-state index in [0.717, 1.165) is 25.5 Å². The van der Waals surface area contributed by atoms with Crippen LogP contribution in [-0.4, -0.2) is 10.6 Å². The molecule has 54 valence electrons. The lowest BCUT2D eigenvalue weighted by Gasteiger charge is -2.12. The Hall–Kier alpha value is 0.150. The van der Waals surface area contributed by atoms with Crippen molar-refractivity contribution < 1.29 is 4.79 Å². The minimum atomic E-state index is -0.275. The fourth-order valence-electron chi connectivity index (χ4n) is 0.581. The molecule has 0 amide bonds. The zero-order valence-corrected chi connectivity index (χ0v) is 7.57. The van der Waals surface area contributed by atoms with Gasteiger partial charge in [-0.3, -0.25) is 0 Å². The van der Waals surface area contributed by atoms with Crippen molar-refractivity contribution in [3.05, 3.63) is 0 Å². The SMILES string of the molecule is CCCCC(C)(Br)C=O. The van der Waals surface area contributed by atoms with Crippen LogP contribution in [-0.2, 0) is 4.79 Å². The van der Waals surface area contributed by atoms with Crippen LogP contribution in [0, 0.1) is 0 Å². The van der Waals surface area contributed by atoms with Crippen molar-refractivity contribution in [1.29, 1.82) is 0 Å². The van der Waals surface area contributed by atoms with Gasteiger partial charge in [0.2, 0.25) is 0 Å². The largest absolute Gasteiger partial charge is 0.302 e. The van der Waals surface area contributed by atoms with Crippen LogP contribution in [0.4, 0.5) is 0 Å². The maximum atomic E-state index is 10.3. The fraction of sp³-hybridized carbons (Fsp3) is 0.857. The second kappa shape index (κ2) is 4.04. The number of rotatable bonds is 4. The highest BCUT2D eigenvalue weighted by molar-refractivity contribution is 9.10. The summed E-state index contributed by atoms with van der Waals surface area (Å²) >= 11 is 3.31. The van der Waals surface area contributed by atoms with Gasteiger partial charge in [-0.2, -0.15) is 0 Å². The van der Waals surface area contributed by atoms with Gasteiger partial charge in [0, 0.05) is 0 Å². The zero-order chi connectivity index (χ0) is 7.33. The molecule has 0 heterocycles. The van der Waals surface area contributed by atoms with Gasteiger partial charge in [0.1, 0.15) is 6.29 Å². The number of aldehydes is 1. The molecule has 0 rings (SSSR count). The number of unbranched alkanes of at least 4 members (excludes halogenated alkanes) is 1. The molecule has 0 aliphatic rings. The number of alkyl halides is 1. The quantitative estimate of drug-likeness (QED) is 0.495. The average Bonchev–Trinajstić information content (AvgIpc) is 1.84. The van der Waals surface area contributed by atoms with Gasteiger partial charge in [-0.05, 0) is 13.3 Å². The fourth-order valence-corrected chi connectivity index (χ4v) is 0.862. The van der Waals surface area contributed by atoms with Crippen LogP contribution in [0.15, 0.2) is 0 Å². The molecule has 0 aliphatic carbocycles. The van der Waals surface area contributed by atoms with Crippen LogP contribution in [0.25, 0.3) is 0 Å². The Morgan fingerprint density at radius 1 is 1.67 bits per heavy atom. The molecule has 1 atom stereocenters. The highest BCUT2D eigenvalue weighted by atomic mass is 79.9. The van der Waals surface area contributed by atoms with Gasteiger partial charge in [-0.25, -0.2) is 0 Å². The van der Waals surface area contributed by atoms with Crippen LogP contribution in [0.5, 0.6) is 0 Å². The van der Waals surface area contributed by atoms with E-state index in [1.54, 1.807) is 0 Å². The smallest absolute Gasteiger partial charge is 0.136 e. The molecule has 9 heavy (non-hydrogen) atoms. The summed E-state index contributed by atoms with van der Waals surface area (Å²) in [7, 11) is 0.